The number of benzene rings is 2. The number of hydrogen-bond acceptors (Lipinski definition) is 2. The molecule has 1 aliphatic rings. The summed E-state index contributed by atoms with van der Waals surface area (Å²) < 4.78 is 39.0. The Morgan fingerprint density at radius 3 is 2.50 bits per heavy atom. The van der Waals surface area contributed by atoms with Gasteiger partial charge < -0.3 is 9.47 Å². The van der Waals surface area contributed by atoms with Crippen LogP contribution in [0.3, 0.4) is 0 Å². The number of ether oxygens (including phenoxy) is 2. The number of hydrogen-bond donors (Lipinski definition) is 0. The van der Waals surface area contributed by atoms with Crippen LogP contribution in [-0.4, -0.2) is 13.7 Å². The summed E-state index contributed by atoms with van der Waals surface area (Å²) in [6.45, 7) is 4.12. The van der Waals surface area contributed by atoms with Crippen LogP contribution in [-0.2, 0) is 11.2 Å². The van der Waals surface area contributed by atoms with Crippen molar-refractivity contribution in [2.24, 2.45) is 0 Å². The Hall–Kier alpha value is -2.20. The van der Waals surface area contributed by atoms with Gasteiger partial charge >= 0.3 is 0 Å². The predicted molar refractivity (Wildman–Crippen MR) is 98.5 cm³/mol. The molecule has 2 unspecified atom stereocenters. The highest BCUT2D eigenvalue weighted by molar-refractivity contribution is 5.33. The molecule has 0 spiro atoms. The van der Waals surface area contributed by atoms with Crippen molar-refractivity contribution >= 4 is 0 Å². The second-order valence-corrected chi connectivity index (χ2v) is 6.65. The van der Waals surface area contributed by atoms with Gasteiger partial charge in [0, 0.05) is 5.92 Å². The molecular formula is C22H24F2O2. The van der Waals surface area contributed by atoms with Gasteiger partial charge in [0.05, 0.1) is 19.8 Å². The van der Waals surface area contributed by atoms with Crippen LogP contribution in [0.2, 0.25) is 0 Å². The summed E-state index contributed by atoms with van der Waals surface area (Å²) in [5, 5.41) is 0. The number of methoxy groups -OCH3 is 1. The van der Waals surface area contributed by atoms with E-state index >= 15 is 0 Å². The van der Waals surface area contributed by atoms with E-state index in [4.69, 9.17) is 9.47 Å². The summed E-state index contributed by atoms with van der Waals surface area (Å²) in [4.78, 5) is 0. The van der Waals surface area contributed by atoms with Gasteiger partial charge in [-0.1, -0.05) is 36.4 Å². The van der Waals surface area contributed by atoms with Crippen LogP contribution in [0.1, 0.15) is 48.0 Å². The highest BCUT2D eigenvalue weighted by Gasteiger charge is 2.27. The fourth-order valence-corrected chi connectivity index (χ4v) is 3.45. The fourth-order valence-electron chi connectivity index (χ4n) is 3.45. The molecule has 2 aromatic rings. The summed E-state index contributed by atoms with van der Waals surface area (Å²) in [6.07, 6.45) is 5.41. The predicted octanol–water partition coefficient (Wildman–Crippen LogP) is 5.73. The Morgan fingerprint density at radius 1 is 1.12 bits per heavy atom. The third-order valence-corrected chi connectivity index (χ3v) is 5.00. The highest BCUT2D eigenvalue weighted by Crippen LogP contribution is 2.37. The maximum Gasteiger partial charge on any atom is 0.200 e. The molecule has 0 N–H and O–H groups in total. The molecule has 0 saturated carbocycles. The van der Waals surface area contributed by atoms with Crippen LogP contribution < -0.4 is 4.74 Å². The smallest absolute Gasteiger partial charge is 0.200 e. The first-order valence-electron chi connectivity index (χ1n) is 8.97. The molecule has 1 aliphatic heterocycles. The summed E-state index contributed by atoms with van der Waals surface area (Å²) in [5.74, 6) is -1.97. The fraction of sp³-hybridized carbons (Fsp3) is 0.364. The van der Waals surface area contributed by atoms with Crippen molar-refractivity contribution in [2.45, 2.75) is 37.7 Å². The molecule has 4 heteroatoms. The van der Waals surface area contributed by atoms with Gasteiger partial charge in [0.15, 0.2) is 11.6 Å². The van der Waals surface area contributed by atoms with E-state index < -0.39 is 11.6 Å². The van der Waals surface area contributed by atoms with E-state index in [0.29, 0.717) is 12.2 Å². The molecule has 0 amide bonds. The topological polar surface area (TPSA) is 18.5 Å². The lowest BCUT2D eigenvalue weighted by Crippen LogP contribution is -2.20. The van der Waals surface area contributed by atoms with Crippen LogP contribution in [0.5, 0.6) is 5.75 Å². The van der Waals surface area contributed by atoms with Gasteiger partial charge in [-0.15, -0.1) is 6.58 Å². The molecule has 0 aromatic heterocycles. The molecule has 0 bridgehead atoms. The molecule has 26 heavy (non-hydrogen) atoms. The summed E-state index contributed by atoms with van der Waals surface area (Å²) >= 11 is 0. The van der Waals surface area contributed by atoms with Crippen molar-refractivity contribution in [3.8, 4) is 5.75 Å². The zero-order valence-electron chi connectivity index (χ0n) is 15.0. The maximum atomic E-state index is 14.3. The van der Waals surface area contributed by atoms with Crippen molar-refractivity contribution in [1.82, 2.24) is 0 Å². The van der Waals surface area contributed by atoms with E-state index in [9.17, 15) is 8.78 Å². The second kappa shape index (κ2) is 8.45. The molecule has 3 rings (SSSR count). The highest BCUT2D eigenvalue weighted by atomic mass is 19.2. The molecular weight excluding hydrogens is 334 g/mol. The summed E-state index contributed by atoms with van der Waals surface area (Å²) in [6, 6.07) is 11.5. The minimum atomic E-state index is -0.928. The Kier molecular flexibility index (Phi) is 6.04. The van der Waals surface area contributed by atoms with Crippen molar-refractivity contribution in [1.29, 1.82) is 0 Å². The van der Waals surface area contributed by atoms with E-state index in [1.165, 1.54) is 18.7 Å². The monoisotopic (exact) mass is 358 g/mol. The Bertz CT molecular complexity index is 747. The largest absolute Gasteiger partial charge is 0.494 e. The standard InChI is InChI=1S/C22H24F2O2/c1-3-4-5-15-6-8-16(9-7-15)19-12-10-17(14-26-19)18-11-13-20(25-2)22(24)21(18)23/h3,6-9,11,13,17,19H,1,4-5,10,12,14H2,2H3. The zero-order valence-corrected chi connectivity index (χ0v) is 15.0. The molecule has 138 valence electrons. The SMILES string of the molecule is C=CCCc1ccc(C2CCC(c3ccc(OC)c(F)c3F)CO2)cc1. The van der Waals surface area contributed by atoms with E-state index in [-0.39, 0.29) is 17.8 Å². The van der Waals surface area contributed by atoms with Crippen molar-refractivity contribution < 1.29 is 18.3 Å². The van der Waals surface area contributed by atoms with Gasteiger partial charge in [0.1, 0.15) is 0 Å². The molecule has 2 nitrogen and oxygen atoms in total. The minimum Gasteiger partial charge on any atom is -0.494 e. The van der Waals surface area contributed by atoms with Gasteiger partial charge in [-0.25, -0.2) is 4.39 Å². The molecule has 1 fully saturated rings. The first-order chi connectivity index (χ1) is 12.6. The first kappa shape index (κ1) is 18.6. The molecule has 1 heterocycles. The van der Waals surface area contributed by atoms with E-state index in [1.807, 2.05) is 6.08 Å². The van der Waals surface area contributed by atoms with Crippen molar-refractivity contribution in [3.05, 3.63) is 77.4 Å². The van der Waals surface area contributed by atoms with Crippen molar-refractivity contribution in [2.75, 3.05) is 13.7 Å². The summed E-state index contributed by atoms with van der Waals surface area (Å²) in [7, 11) is 1.33. The second-order valence-electron chi connectivity index (χ2n) is 6.65. The molecule has 2 atom stereocenters. The Balaban J connectivity index is 1.64. The average molecular weight is 358 g/mol. The van der Waals surface area contributed by atoms with Gasteiger partial charge in [-0.3, -0.25) is 0 Å². The van der Waals surface area contributed by atoms with Crippen molar-refractivity contribution in [3.63, 3.8) is 0 Å². The third-order valence-electron chi connectivity index (χ3n) is 5.00. The van der Waals surface area contributed by atoms with E-state index in [0.717, 1.165) is 31.2 Å². The quantitative estimate of drug-likeness (QED) is 0.614. The number of allylic oxidation sites excluding steroid dienone is 1. The zero-order chi connectivity index (χ0) is 18.5. The average Bonchev–Trinajstić information content (AvgIpc) is 2.69. The number of halogens is 2. The molecule has 0 aliphatic carbocycles. The Morgan fingerprint density at radius 2 is 1.88 bits per heavy atom. The van der Waals surface area contributed by atoms with E-state index in [1.54, 1.807) is 6.07 Å². The van der Waals surface area contributed by atoms with Gasteiger partial charge in [-0.2, -0.15) is 4.39 Å². The Labute approximate surface area is 153 Å². The summed E-state index contributed by atoms with van der Waals surface area (Å²) in [5.41, 5.74) is 2.77. The lowest BCUT2D eigenvalue weighted by atomic mass is 9.89. The van der Waals surface area contributed by atoms with Gasteiger partial charge in [-0.05, 0) is 48.4 Å². The van der Waals surface area contributed by atoms with Gasteiger partial charge in [0.2, 0.25) is 5.82 Å². The number of aryl methyl sites for hydroxylation is 1. The molecule has 1 saturated heterocycles. The van der Waals surface area contributed by atoms with Crippen LogP contribution in [0.25, 0.3) is 0 Å². The third kappa shape index (κ3) is 3.96. The van der Waals surface area contributed by atoms with Gasteiger partial charge in [0.25, 0.3) is 0 Å². The first-order valence-corrected chi connectivity index (χ1v) is 8.97. The lowest BCUT2D eigenvalue weighted by Gasteiger charge is -2.30. The van der Waals surface area contributed by atoms with E-state index in [2.05, 4.69) is 30.8 Å². The normalized spacial score (nSPS) is 20.0. The number of rotatable bonds is 6. The van der Waals surface area contributed by atoms with Crippen LogP contribution >= 0.6 is 0 Å². The lowest BCUT2D eigenvalue weighted by molar-refractivity contribution is 0.00160. The minimum absolute atomic E-state index is 0.00543. The maximum absolute atomic E-state index is 14.3. The van der Waals surface area contributed by atoms with Crippen LogP contribution in [0.15, 0.2) is 49.1 Å². The van der Waals surface area contributed by atoms with Crippen LogP contribution in [0.4, 0.5) is 8.78 Å². The van der Waals surface area contributed by atoms with Crippen LogP contribution in [0, 0.1) is 11.6 Å². The molecule has 0 radical (unpaired) electrons. The molecule has 2 aromatic carbocycles.